The normalized spacial score (nSPS) is 22.3. The number of urea groups is 1. The zero-order valence-corrected chi connectivity index (χ0v) is 13.2. The third-order valence-corrected chi connectivity index (χ3v) is 4.09. The second kappa shape index (κ2) is 7.11. The van der Waals surface area contributed by atoms with Gasteiger partial charge in [0.15, 0.2) is 0 Å². The van der Waals surface area contributed by atoms with Crippen molar-refractivity contribution in [2.45, 2.75) is 45.0 Å². The zero-order valence-electron chi connectivity index (χ0n) is 13.2. The number of morpholine rings is 1. The maximum Gasteiger partial charge on any atom is 0.315 e. The lowest BCUT2D eigenvalue weighted by Gasteiger charge is -2.31. The fourth-order valence-electron chi connectivity index (χ4n) is 2.78. The van der Waals surface area contributed by atoms with Crippen LogP contribution in [-0.4, -0.2) is 42.8 Å². The number of carbonyl (C=O) groups is 1. The van der Waals surface area contributed by atoms with Gasteiger partial charge in [0, 0.05) is 32.2 Å². The van der Waals surface area contributed by atoms with Crippen LogP contribution in [0.25, 0.3) is 0 Å². The molecule has 0 bridgehead atoms. The molecule has 1 aromatic carbocycles. The Balaban J connectivity index is 1.49. The van der Waals surface area contributed by atoms with Crippen molar-refractivity contribution < 1.29 is 9.53 Å². The summed E-state index contributed by atoms with van der Waals surface area (Å²) >= 11 is 0. The van der Waals surface area contributed by atoms with Gasteiger partial charge in [0.25, 0.3) is 0 Å². The van der Waals surface area contributed by atoms with Crippen LogP contribution < -0.4 is 10.6 Å². The highest BCUT2D eigenvalue weighted by molar-refractivity contribution is 5.74. The zero-order chi connectivity index (χ0) is 15.4. The molecule has 1 aromatic rings. The molecule has 1 saturated carbocycles. The summed E-state index contributed by atoms with van der Waals surface area (Å²) in [4.78, 5) is 14.1. The van der Waals surface area contributed by atoms with Crippen molar-refractivity contribution in [3.8, 4) is 0 Å². The predicted octanol–water partition coefficient (Wildman–Crippen LogP) is 1.87. The average molecular weight is 303 g/mol. The van der Waals surface area contributed by atoms with Gasteiger partial charge in [-0.25, -0.2) is 4.79 Å². The first-order chi connectivity index (χ1) is 10.7. The summed E-state index contributed by atoms with van der Waals surface area (Å²) in [5.74, 6) is 0. The molecule has 0 aromatic heterocycles. The minimum Gasteiger partial charge on any atom is -0.376 e. The molecular weight excluding hydrogens is 278 g/mol. The Morgan fingerprint density at radius 1 is 1.36 bits per heavy atom. The first-order valence-electron chi connectivity index (χ1n) is 8.15. The maximum atomic E-state index is 11.7. The van der Waals surface area contributed by atoms with Crippen LogP contribution in [0.15, 0.2) is 24.3 Å². The Morgan fingerprint density at radius 2 is 2.18 bits per heavy atom. The topological polar surface area (TPSA) is 53.6 Å². The number of hydrogen-bond donors (Lipinski definition) is 2. The van der Waals surface area contributed by atoms with E-state index in [0.29, 0.717) is 18.7 Å². The van der Waals surface area contributed by atoms with Crippen LogP contribution in [0, 0.1) is 0 Å². The predicted molar refractivity (Wildman–Crippen MR) is 85.5 cm³/mol. The van der Waals surface area contributed by atoms with Gasteiger partial charge in [0.05, 0.1) is 12.7 Å². The minimum atomic E-state index is -0.0603. The van der Waals surface area contributed by atoms with Crippen LogP contribution in [0.1, 0.15) is 30.9 Å². The molecule has 120 valence electrons. The number of rotatable bonds is 5. The summed E-state index contributed by atoms with van der Waals surface area (Å²) < 4.78 is 5.57. The van der Waals surface area contributed by atoms with Gasteiger partial charge in [-0.05, 0) is 30.9 Å². The fourth-order valence-corrected chi connectivity index (χ4v) is 2.78. The molecule has 1 aliphatic heterocycles. The van der Waals surface area contributed by atoms with E-state index in [1.54, 1.807) is 0 Å². The van der Waals surface area contributed by atoms with E-state index in [1.807, 2.05) is 0 Å². The molecule has 3 rings (SSSR count). The monoisotopic (exact) mass is 303 g/mol. The van der Waals surface area contributed by atoms with Crippen molar-refractivity contribution in [3.63, 3.8) is 0 Å². The standard InChI is InChI=1S/C17H25N3O2/c1-13-11-20(7-8-22-13)12-15-4-2-3-14(9-15)10-18-17(21)19-16-5-6-16/h2-4,9,13,16H,5-8,10-12H2,1H3,(H2,18,19,21). The molecule has 5 heteroatoms. The van der Waals surface area contributed by atoms with Gasteiger partial charge in [-0.2, -0.15) is 0 Å². The lowest BCUT2D eigenvalue weighted by Crippen LogP contribution is -2.40. The molecule has 2 fully saturated rings. The Kier molecular flexibility index (Phi) is 4.95. The van der Waals surface area contributed by atoms with Gasteiger partial charge in [0.2, 0.25) is 0 Å². The molecule has 2 amide bonds. The summed E-state index contributed by atoms with van der Waals surface area (Å²) in [6, 6.07) is 8.79. The summed E-state index contributed by atoms with van der Waals surface area (Å²) in [6.45, 7) is 6.40. The van der Waals surface area contributed by atoms with Crippen molar-refractivity contribution in [1.82, 2.24) is 15.5 Å². The largest absolute Gasteiger partial charge is 0.376 e. The lowest BCUT2D eigenvalue weighted by molar-refractivity contribution is -0.0212. The summed E-state index contributed by atoms with van der Waals surface area (Å²) in [7, 11) is 0. The van der Waals surface area contributed by atoms with E-state index < -0.39 is 0 Å². The molecule has 0 spiro atoms. The highest BCUT2D eigenvalue weighted by atomic mass is 16.5. The Morgan fingerprint density at radius 3 is 2.95 bits per heavy atom. The van der Waals surface area contributed by atoms with Crippen molar-refractivity contribution >= 4 is 6.03 Å². The van der Waals surface area contributed by atoms with Crippen molar-refractivity contribution in [1.29, 1.82) is 0 Å². The number of carbonyl (C=O) groups excluding carboxylic acids is 1. The van der Waals surface area contributed by atoms with Gasteiger partial charge in [-0.1, -0.05) is 24.3 Å². The minimum absolute atomic E-state index is 0.0603. The Hall–Kier alpha value is -1.59. The molecule has 22 heavy (non-hydrogen) atoms. The molecule has 1 unspecified atom stereocenters. The average Bonchev–Trinajstić information content (AvgIpc) is 3.30. The van der Waals surface area contributed by atoms with E-state index in [4.69, 9.17) is 4.74 Å². The Bertz CT molecular complexity index is 516. The SMILES string of the molecule is CC1CN(Cc2cccc(CNC(=O)NC3CC3)c2)CCO1. The fraction of sp³-hybridized carbons (Fsp3) is 0.588. The van der Waals surface area contributed by atoms with Gasteiger partial charge >= 0.3 is 6.03 Å². The van der Waals surface area contributed by atoms with Gasteiger partial charge in [-0.15, -0.1) is 0 Å². The van der Waals surface area contributed by atoms with E-state index in [9.17, 15) is 4.79 Å². The van der Waals surface area contributed by atoms with Gasteiger partial charge in [-0.3, -0.25) is 4.90 Å². The number of ether oxygens (including phenoxy) is 1. The van der Waals surface area contributed by atoms with E-state index in [0.717, 1.165) is 44.6 Å². The molecular formula is C17H25N3O2. The molecule has 1 atom stereocenters. The van der Waals surface area contributed by atoms with Gasteiger partial charge < -0.3 is 15.4 Å². The van der Waals surface area contributed by atoms with Crippen LogP contribution in [0.5, 0.6) is 0 Å². The number of nitrogens with one attached hydrogen (secondary N) is 2. The third-order valence-electron chi connectivity index (χ3n) is 4.09. The quantitative estimate of drug-likeness (QED) is 0.873. The summed E-state index contributed by atoms with van der Waals surface area (Å²) in [5.41, 5.74) is 2.43. The summed E-state index contributed by atoms with van der Waals surface area (Å²) in [6.07, 6.45) is 2.53. The molecule has 5 nitrogen and oxygen atoms in total. The van der Waals surface area contributed by atoms with Crippen molar-refractivity contribution in [2.75, 3.05) is 19.7 Å². The van der Waals surface area contributed by atoms with Crippen molar-refractivity contribution in [3.05, 3.63) is 35.4 Å². The second-order valence-corrected chi connectivity index (χ2v) is 6.34. The first kappa shape index (κ1) is 15.3. The molecule has 1 heterocycles. The van der Waals surface area contributed by atoms with E-state index in [-0.39, 0.29) is 6.03 Å². The molecule has 0 radical (unpaired) electrons. The van der Waals surface area contributed by atoms with E-state index in [1.165, 1.54) is 5.56 Å². The lowest BCUT2D eigenvalue weighted by atomic mass is 10.1. The van der Waals surface area contributed by atoms with Crippen LogP contribution >= 0.6 is 0 Å². The van der Waals surface area contributed by atoms with E-state index in [2.05, 4.69) is 46.7 Å². The van der Waals surface area contributed by atoms with Crippen LogP contribution in [0.3, 0.4) is 0 Å². The highest BCUT2D eigenvalue weighted by Gasteiger charge is 2.23. The Labute approximate surface area is 132 Å². The number of hydrogen-bond acceptors (Lipinski definition) is 3. The molecule has 2 N–H and O–H groups in total. The molecule has 1 saturated heterocycles. The van der Waals surface area contributed by atoms with Crippen LogP contribution in [0.2, 0.25) is 0 Å². The smallest absolute Gasteiger partial charge is 0.315 e. The molecule has 2 aliphatic rings. The van der Waals surface area contributed by atoms with Crippen LogP contribution in [-0.2, 0) is 17.8 Å². The second-order valence-electron chi connectivity index (χ2n) is 6.34. The highest BCUT2D eigenvalue weighted by Crippen LogP contribution is 2.18. The van der Waals surface area contributed by atoms with E-state index >= 15 is 0 Å². The number of amides is 2. The number of benzene rings is 1. The van der Waals surface area contributed by atoms with Gasteiger partial charge in [0.1, 0.15) is 0 Å². The summed E-state index contributed by atoms with van der Waals surface area (Å²) in [5, 5.41) is 5.86. The number of nitrogens with zero attached hydrogens (tertiary/aromatic N) is 1. The van der Waals surface area contributed by atoms with Crippen LogP contribution in [0.4, 0.5) is 4.79 Å². The third kappa shape index (κ3) is 4.71. The van der Waals surface area contributed by atoms with Crippen molar-refractivity contribution in [2.24, 2.45) is 0 Å². The maximum absolute atomic E-state index is 11.7. The first-order valence-corrected chi connectivity index (χ1v) is 8.15. The molecule has 1 aliphatic carbocycles.